The average molecular weight is 509 g/mol. The number of hydrogen-bond donors (Lipinski definition) is 1. The Morgan fingerprint density at radius 2 is 1.77 bits per heavy atom. The number of ether oxygens (including phenoxy) is 1. The Labute approximate surface area is 209 Å². The molecule has 1 N–H and O–H groups in total. The minimum absolute atomic E-state index is 0.155. The van der Waals surface area contributed by atoms with Gasteiger partial charge in [0.2, 0.25) is 5.91 Å². The van der Waals surface area contributed by atoms with Gasteiger partial charge in [0.05, 0.1) is 28.5 Å². The number of rotatable bonds is 8. The molecule has 0 unspecified atom stereocenters. The van der Waals surface area contributed by atoms with Crippen molar-refractivity contribution in [3.05, 3.63) is 77.7 Å². The lowest BCUT2D eigenvalue weighted by molar-refractivity contribution is -0.113. The normalized spacial score (nSPS) is 10.7. The molecule has 0 aliphatic carbocycles. The number of hydrogen-bond acceptors (Lipinski definition) is 8. The predicted octanol–water partition coefficient (Wildman–Crippen LogP) is 5.62. The fourth-order valence-corrected chi connectivity index (χ4v) is 4.76. The molecule has 178 valence electrons. The van der Waals surface area contributed by atoms with Crippen molar-refractivity contribution in [3.8, 4) is 21.1 Å². The first-order valence-electron chi connectivity index (χ1n) is 10.7. The number of aryl methyl sites for hydroxylation is 1. The highest BCUT2D eigenvalue weighted by Crippen LogP contribution is 2.34. The van der Waals surface area contributed by atoms with Gasteiger partial charge in [0.15, 0.2) is 0 Å². The molecule has 10 heteroatoms. The van der Waals surface area contributed by atoms with Gasteiger partial charge in [-0.25, -0.2) is 14.2 Å². The molecule has 7 nitrogen and oxygen atoms in total. The Morgan fingerprint density at radius 3 is 2.43 bits per heavy atom. The zero-order valence-corrected chi connectivity index (χ0v) is 20.6. The van der Waals surface area contributed by atoms with Crippen LogP contribution in [0.1, 0.15) is 23.0 Å². The summed E-state index contributed by atoms with van der Waals surface area (Å²) in [7, 11) is 0. The third kappa shape index (κ3) is 6.28. The molecule has 0 fully saturated rings. The fraction of sp³-hybridized carbons (Fsp3) is 0.160. The second-order valence-electron chi connectivity index (χ2n) is 7.33. The second kappa shape index (κ2) is 11.2. The molecular weight excluding hydrogens is 487 g/mol. The Bertz CT molecular complexity index is 1320. The summed E-state index contributed by atoms with van der Waals surface area (Å²) in [6.07, 6.45) is 0. The number of nitrogens with one attached hydrogen (secondary N) is 1. The molecule has 0 saturated heterocycles. The van der Waals surface area contributed by atoms with Crippen LogP contribution >= 0.6 is 23.1 Å². The smallest absolute Gasteiger partial charge is 0.338 e. The van der Waals surface area contributed by atoms with Crippen LogP contribution in [0.15, 0.2) is 65.7 Å². The molecule has 0 atom stereocenters. The molecule has 0 bridgehead atoms. The number of esters is 1. The molecular formula is C25H21FN4O3S2. The van der Waals surface area contributed by atoms with E-state index >= 15 is 0 Å². The van der Waals surface area contributed by atoms with Crippen LogP contribution in [0.5, 0.6) is 0 Å². The average Bonchev–Trinajstić information content (AvgIpc) is 3.25. The van der Waals surface area contributed by atoms with Gasteiger partial charge in [0.25, 0.3) is 0 Å². The Balaban J connectivity index is 1.34. The van der Waals surface area contributed by atoms with Crippen molar-refractivity contribution in [1.29, 1.82) is 0 Å². The van der Waals surface area contributed by atoms with Crippen LogP contribution < -0.4 is 5.32 Å². The minimum atomic E-state index is -0.400. The summed E-state index contributed by atoms with van der Waals surface area (Å²) in [4.78, 5) is 29.5. The van der Waals surface area contributed by atoms with E-state index in [-0.39, 0.29) is 17.5 Å². The Morgan fingerprint density at radius 1 is 1.03 bits per heavy atom. The van der Waals surface area contributed by atoms with Gasteiger partial charge in [-0.05, 0) is 74.5 Å². The number of aromatic nitrogens is 3. The van der Waals surface area contributed by atoms with E-state index in [0.29, 0.717) is 28.6 Å². The molecule has 4 aromatic rings. The van der Waals surface area contributed by atoms with Crippen LogP contribution in [0.25, 0.3) is 21.1 Å². The first-order chi connectivity index (χ1) is 16.9. The summed E-state index contributed by atoms with van der Waals surface area (Å²) >= 11 is 2.73. The van der Waals surface area contributed by atoms with Gasteiger partial charge in [-0.15, -0.1) is 21.5 Å². The highest BCUT2D eigenvalue weighted by Gasteiger charge is 2.14. The summed E-state index contributed by atoms with van der Waals surface area (Å²) in [5.74, 6) is -0.737. The third-order valence-corrected chi connectivity index (χ3v) is 6.94. The van der Waals surface area contributed by atoms with E-state index in [4.69, 9.17) is 4.74 Å². The van der Waals surface area contributed by atoms with Crippen LogP contribution in [0, 0.1) is 12.7 Å². The zero-order valence-electron chi connectivity index (χ0n) is 18.9. The van der Waals surface area contributed by atoms with E-state index in [9.17, 15) is 14.0 Å². The molecule has 0 radical (unpaired) electrons. The summed E-state index contributed by atoms with van der Waals surface area (Å²) in [5.41, 5.74) is 3.35. The predicted molar refractivity (Wildman–Crippen MR) is 135 cm³/mol. The molecule has 2 heterocycles. The van der Waals surface area contributed by atoms with Gasteiger partial charge in [-0.2, -0.15) is 0 Å². The van der Waals surface area contributed by atoms with Crippen molar-refractivity contribution >= 4 is 40.7 Å². The van der Waals surface area contributed by atoms with Crippen molar-refractivity contribution < 1.29 is 18.7 Å². The lowest BCUT2D eigenvalue weighted by Crippen LogP contribution is -2.14. The highest BCUT2D eigenvalue weighted by atomic mass is 32.2. The summed E-state index contributed by atoms with van der Waals surface area (Å²) in [6.45, 7) is 3.94. The molecule has 0 aliphatic heterocycles. The summed E-state index contributed by atoms with van der Waals surface area (Å²) < 4.78 is 18.1. The maximum Gasteiger partial charge on any atom is 0.338 e. The number of nitrogens with zero attached hydrogens (tertiary/aromatic N) is 3. The monoisotopic (exact) mass is 508 g/mol. The molecule has 0 spiro atoms. The second-order valence-corrected chi connectivity index (χ2v) is 9.33. The highest BCUT2D eigenvalue weighted by molar-refractivity contribution is 7.99. The van der Waals surface area contributed by atoms with Crippen LogP contribution in [0.4, 0.5) is 10.1 Å². The van der Waals surface area contributed by atoms with Gasteiger partial charge in [-0.1, -0.05) is 11.8 Å². The number of benzene rings is 2. The number of anilines is 1. The molecule has 1 amide bonds. The summed E-state index contributed by atoms with van der Waals surface area (Å²) in [5, 5.41) is 12.7. The van der Waals surface area contributed by atoms with Crippen LogP contribution in [0.2, 0.25) is 0 Å². The molecule has 35 heavy (non-hydrogen) atoms. The van der Waals surface area contributed by atoms with Crippen molar-refractivity contribution in [2.45, 2.75) is 18.9 Å². The van der Waals surface area contributed by atoms with E-state index < -0.39 is 5.97 Å². The lowest BCUT2D eigenvalue weighted by Gasteiger charge is -2.06. The van der Waals surface area contributed by atoms with Crippen molar-refractivity contribution in [1.82, 2.24) is 15.2 Å². The quantitative estimate of drug-likeness (QED) is 0.244. The third-order valence-electron chi connectivity index (χ3n) is 4.79. The molecule has 0 aliphatic rings. The fourth-order valence-electron chi connectivity index (χ4n) is 3.11. The van der Waals surface area contributed by atoms with Crippen LogP contribution in [0.3, 0.4) is 0 Å². The number of halogens is 1. The molecule has 2 aromatic carbocycles. The van der Waals surface area contributed by atoms with Crippen molar-refractivity contribution in [3.63, 3.8) is 0 Å². The van der Waals surface area contributed by atoms with E-state index in [1.165, 1.54) is 35.2 Å². The first kappa shape index (κ1) is 24.5. The maximum atomic E-state index is 13.2. The van der Waals surface area contributed by atoms with Gasteiger partial charge in [-0.3, -0.25) is 4.79 Å². The molecule has 4 rings (SSSR count). The zero-order chi connectivity index (χ0) is 24.8. The van der Waals surface area contributed by atoms with Crippen LogP contribution in [-0.2, 0) is 9.53 Å². The number of thioether (sulfide) groups is 1. The van der Waals surface area contributed by atoms with Crippen LogP contribution in [-0.4, -0.2) is 39.4 Å². The van der Waals surface area contributed by atoms with E-state index in [1.54, 1.807) is 43.3 Å². The van der Waals surface area contributed by atoms with Crippen molar-refractivity contribution in [2.24, 2.45) is 0 Å². The largest absolute Gasteiger partial charge is 0.462 e. The van der Waals surface area contributed by atoms with Gasteiger partial charge in [0, 0.05) is 11.3 Å². The number of amides is 1. The molecule has 2 aromatic heterocycles. The van der Waals surface area contributed by atoms with E-state index in [1.807, 2.05) is 19.1 Å². The maximum absolute atomic E-state index is 13.2. The SMILES string of the molecule is CCOC(=O)c1ccc(NC(=O)CSc2ccc(-c3sc(-c4ccc(F)cc4)nc3C)nn2)cc1. The van der Waals surface area contributed by atoms with E-state index in [0.717, 1.165) is 21.1 Å². The number of carbonyl (C=O) groups is 2. The number of thiazole rings is 1. The minimum Gasteiger partial charge on any atom is -0.462 e. The van der Waals surface area contributed by atoms with E-state index in [2.05, 4.69) is 20.5 Å². The van der Waals surface area contributed by atoms with Gasteiger partial charge in [0.1, 0.15) is 21.5 Å². The Kier molecular flexibility index (Phi) is 7.84. The van der Waals surface area contributed by atoms with Gasteiger partial charge < -0.3 is 10.1 Å². The van der Waals surface area contributed by atoms with Crippen molar-refractivity contribution in [2.75, 3.05) is 17.7 Å². The topological polar surface area (TPSA) is 94.1 Å². The summed E-state index contributed by atoms with van der Waals surface area (Å²) in [6, 6.07) is 16.4. The standard InChI is InChI=1S/C25H21FN4O3S2/c1-3-33-25(32)17-6-10-19(11-7-17)28-21(31)14-34-22-13-12-20(29-30-22)23-15(2)27-24(35-23)16-4-8-18(26)9-5-16/h4-13H,3,14H2,1-2H3,(H,28,31). The first-order valence-corrected chi connectivity index (χ1v) is 12.5. The lowest BCUT2D eigenvalue weighted by atomic mass is 10.2. The Hall–Kier alpha value is -3.63. The number of carbonyl (C=O) groups excluding carboxylic acids is 2. The van der Waals surface area contributed by atoms with Gasteiger partial charge >= 0.3 is 5.97 Å². The molecule has 0 saturated carbocycles.